The molecule has 1 N–H and O–H groups in total. The maximum absolute atomic E-state index is 11.4. The summed E-state index contributed by atoms with van der Waals surface area (Å²) in [7, 11) is 1.82. The molecular weight excluding hydrogens is 461 g/mol. The fourth-order valence-electron chi connectivity index (χ4n) is 2.89. The molecule has 7 heteroatoms. The Kier molecular flexibility index (Phi) is 11.8. The summed E-state index contributed by atoms with van der Waals surface area (Å²) in [4.78, 5) is 19.4. The quantitative estimate of drug-likeness (QED) is 0.150. The third-order valence-electron chi connectivity index (χ3n) is 4.17. The maximum atomic E-state index is 11.4. The second kappa shape index (κ2) is 13.2. The highest BCUT2D eigenvalue weighted by Crippen LogP contribution is 2.25. The van der Waals surface area contributed by atoms with E-state index >= 15 is 0 Å². The van der Waals surface area contributed by atoms with Crippen molar-refractivity contribution < 1.29 is 9.53 Å². The van der Waals surface area contributed by atoms with E-state index in [1.165, 1.54) is 11.3 Å². The van der Waals surface area contributed by atoms with E-state index in [2.05, 4.69) is 45.5 Å². The van der Waals surface area contributed by atoms with E-state index in [1.54, 1.807) is 0 Å². The van der Waals surface area contributed by atoms with Gasteiger partial charge in [0.15, 0.2) is 5.96 Å². The summed E-state index contributed by atoms with van der Waals surface area (Å²) in [6.45, 7) is 5.10. The Hall–Kier alpha value is -0.960. The lowest BCUT2D eigenvalue weighted by Crippen LogP contribution is -2.40. The van der Waals surface area contributed by atoms with Crippen molar-refractivity contribution in [1.29, 1.82) is 0 Å². The van der Waals surface area contributed by atoms with Crippen LogP contribution in [0.15, 0.2) is 40.2 Å². The lowest BCUT2D eigenvalue weighted by Gasteiger charge is -2.21. The van der Waals surface area contributed by atoms with Crippen LogP contribution in [-0.4, -0.2) is 55.9 Å². The Bertz CT molecular complexity index is 557. The largest absolute Gasteiger partial charge is 0.466 e. The monoisotopic (exact) mass is 491 g/mol. The second-order valence-electron chi connectivity index (χ2n) is 6.11. The number of aliphatic imine (C=N–C) groups is 1. The third kappa shape index (κ3) is 8.16. The highest BCUT2D eigenvalue weighted by molar-refractivity contribution is 14.0. The van der Waals surface area contributed by atoms with E-state index in [0.717, 1.165) is 37.8 Å². The van der Waals surface area contributed by atoms with Crippen molar-refractivity contribution in [2.45, 2.75) is 31.1 Å². The van der Waals surface area contributed by atoms with Crippen LogP contribution in [-0.2, 0) is 9.53 Å². The van der Waals surface area contributed by atoms with Gasteiger partial charge in [0.2, 0.25) is 0 Å². The smallest absolute Gasteiger partial charge is 0.305 e. The molecule has 1 saturated heterocycles. The molecule has 1 unspecified atom stereocenters. The van der Waals surface area contributed by atoms with Crippen LogP contribution in [0.2, 0.25) is 0 Å². The van der Waals surface area contributed by atoms with Gasteiger partial charge in [0.25, 0.3) is 0 Å². The SMILES string of the molecule is CCOC(=O)CCCNC(=NC)N1CCC(CSc2ccccc2)C1.I. The molecule has 0 bridgehead atoms. The highest BCUT2D eigenvalue weighted by Gasteiger charge is 2.24. The topological polar surface area (TPSA) is 53.9 Å². The maximum Gasteiger partial charge on any atom is 0.305 e. The molecule has 2 rings (SSSR count). The van der Waals surface area contributed by atoms with Crippen molar-refractivity contribution in [1.82, 2.24) is 10.2 Å². The lowest BCUT2D eigenvalue weighted by molar-refractivity contribution is -0.143. The van der Waals surface area contributed by atoms with Crippen LogP contribution in [0.3, 0.4) is 0 Å². The van der Waals surface area contributed by atoms with Crippen molar-refractivity contribution in [2.24, 2.45) is 10.9 Å². The number of rotatable bonds is 8. The Balaban J connectivity index is 0.00000338. The first-order chi connectivity index (χ1) is 12.2. The number of esters is 1. The molecule has 1 aromatic carbocycles. The molecule has 26 heavy (non-hydrogen) atoms. The number of likely N-dealkylation sites (tertiary alicyclic amines) is 1. The molecule has 0 aliphatic carbocycles. The summed E-state index contributed by atoms with van der Waals surface area (Å²) >= 11 is 1.93. The molecule has 5 nitrogen and oxygen atoms in total. The molecule has 1 aromatic rings. The van der Waals surface area contributed by atoms with Gasteiger partial charge in [0, 0.05) is 43.8 Å². The molecule has 0 spiro atoms. The van der Waals surface area contributed by atoms with E-state index in [9.17, 15) is 4.79 Å². The first kappa shape index (κ1) is 23.1. The van der Waals surface area contributed by atoms with Gasteiger partial charge in [-0.05, 0) is 37.8 Å². The number of benzene rings is 1. The number of ether oxygens (including phenoxy) is 1. The minimum atomic E-state index is -0.126. The number of nitrogens with zero attached hydrogens (tertiary/aromatic N) is 2. The minimum Gasteiger partial charge on any atom is -0.466 e. The number of nitrogens with one attached hydrogen (secondary N) is 1. The first-order valence-electron chi connectivity index (χ1n) is 9.02. The summed E-state index contributed by atoms with van der Waals surface area (Å²) in [5, 5.41) is 3.36. The van der Waals surface area contributed by atoms with Gasteiger partial charge in [0.1, 0.15) is 0 Å². The summed E-state index contributed by atoms with van der Waals surface area (Å²) in [5.41, 5.74) is 0. The lowest BCUT2D eigenvalue weighted by atomic mass is 10.2. The fourth-order valence-corrected chi connectivity index (χ4v) is 3.94. The van der Waals surface area contributed by atoms with Crippen LogP contribution in [0.5, 0.6) is 0 Å². The molecule has 146 valence electrons. The van der Waals surface area contributed by atoms with E-state index in [0.29, 0.717) is 18.9 Å². The molecular formula is C19H30IN3O2S. The molecule has 1 heterocycles. The normalized spacial score (nSPS) is 16.9. The summed E-state index contributed by atoms with van der Waals surface area (Å²) in [6, 6.07) is 10.6. The number of guanidine groups is 1. The van der Waals surface area contributed by atoms with Crippen molar-refractivity contribution in [3.63, 3.8) is 0 Å². The van der Waals surface area contributed by atoms with Gasteiger partial charge in [0.05, 0.1) is 6.61 Å². The molecule has 0 saturated carbocycles. The molecule has 0 amide bonds. The standard InChI is InChI=1S/C19H29N3O2S.HI/c1-3-24-18(23)10-7-12-21-19(20-2)22-13-11-16(14-22)15-25-17-8-5-4-6-9-17;/h4-6,8-9,16H,3,7,10-15H2,1-2H3,(H,20,21);1H. The van der Waals surface area contributed by atoms with E-state index < -0.39 is 0 Å². The van der Waals surface area contributed by atoms with Crippen LogP contribution in [0.1, 0.15) is 26.2 Å². The van der Waals surface area contributed by atoms with Gasteiger partial charge in [-0.2, -0.15) is 0 Å². The van der Waals surface area contributed by atoms with E-state index in [1.807, 2.05) is 25.7 Å². The number of halogens is 1. The summed E-state index contributed by atoms with van der Waals surface area (Å²) in [6.07, 6.45) is 2.41. The Labute approximate surface area is 178 Å². The molecule has 1 aliphatic heterocycles. The second-order valence-corrected chi connectivity index (χ2v) is 7.20. The molecule has 0 aromatic heterocycles. The van der Waals surface area contributed by atoms with E-state index in [4.69, 9.17) is 4.74 Å². The first-order valence-corrected chi connectivity index (χ1v) is 10.0. The van der Waals surface area contributed by atoms with Crippen molar-refractivity contribution in [2.75, 3.05) is 39.0 Å². The number of hydrogen-bond donors (Lipinski definition) is 1. The fraction of sp³-hybridized carbons (Fsp3) is 0.579. The van der Waals surface area contributed by atoms with Crippen LogP contribution < -0.4 is 5.32 Å². The van der Waals surface area contributed by atoms with Crippen LogP contribution >= 0.6 is 35.7 Å². The zero-order valence-corrected chi connectivity index (χ0v) is 18.8. The number of carbonyl (C=O) groups excluding carboxylic acids is 1. The summed E-state index contributed by atoms with van der Waals surface area (Å²) in [5.74, 6) is 2.64. The summed E-state index contributed by atoms with van der Waals surface area (Å²) < 4.78 is 4.94. The molecule has 1 fully saturated rings. The Morgan fingerprint density at radius 2 is 2.15 bits per heavy atom. The van der Waals surface area contributed by atoms with Gasteiger partial charge in [-0.25, -0.2) is 0 Å². The van der Waals surface area contributed by atoms with Gasteiger partial charge >= 0.3 is 5.97 Å². The zero-order chi connectivity index (χ0) is 17.9. The predicted molar refractivity (Wildman–Crippen MR) is 119 cm³/mol. The van der Waals surface area contributed by atoms with Crippen molar-refractivity contribution >= 4 is 47.7 Å². The number of thioether (sulfide) groups is 1. The van der Waals surface area contributed by atoms with Gasteiger partial charge in [-0.15, -0.1) is 35.7 Å². The number of hydrogen-bond acceptors (Lipinski definition) is 4. The van der Waals surface area contributed by atoms with Crippen molar-refractivity contribution in [3.05, 3.63) is 30.3 Å². The van der Waals surface area contributed by atoms with Crippen molar-refractivity contribution in [3.8, 4) is 0 Å². The molecule has 1 aliphatic rings. The van der Waals surface area contributed by atoms with Gasteiger partial charge in [-0.3, -0.25) is 9.79 Å². The van der Waals surface area contributed by atoms with Crippen LogP contribution in [0.25, 0.3) is 0 Å². The zero-order valence-electron chi connectivity index (χ0n) is 15.6. The predicted octanol–water partition coefficient (Wildman–Crippen LogP) is 3.64. The number of carbonyl (C=O) groups is 1. The molecule has 1 atom stereocenters. The van der Waals surface area contributed by atoms with Crippen LogP contribution in [0.4, 0.5) is 0 Å². The average Bonchev–Trinajstić information content (AvgIpc) is 3.10. The molecule has 0 radical (unpaired) electrons. The Morgan fingerprint density at radius 1 is 1.38 bits per heavy atom. The highest BCUT2D eigenvalue weighted by atomic mass is 127. The van der Waals surface area contributed by atoms with Gasteiger partial charge < -0.3 is 15.0 Å². The average molecular weight is 491 g/mol. The van der Waals surface area contributed by atoms with Crippen LogP contribution in [0, 0.1) is 5.92 Å². The third-order valence-corrected chi connectivity index (χ3v) is 5.42. The minimum absolute atomic E-state index is 0. The van der Waals surface area contributed by atoms with Gasteiger partial charge in [-0.1, -0.05) is 18.2 Å². The van der Waals surface area contributed by atoms with E-state index in [-0.39, 0.29) is 29.9 Å². The Morgan fingerprint density at radius 3 is 2.85 bits per heavy atom.